The van der Waals surface area contributed by atoms with E-state index >= 15 is 0 Å². The van der Waals surface area contributed by atoms with Gasteiger partial charge in [-0.15, -0.1) is 0 Å². The fourth-order valence-corrected chi connectivity index (χ4v) is 1.49. The molecule has 0 radical (unpaired) electrons. The van der Waals surface area contributed by atoms with Gasteiger partial charge < -0.3 is 9.47 Å². The van der Waals surface area contributed by atoms with Crippen LogP contribution in [0.25, 0.3) is 0 Å². The molecule has 1 atom stereocenters. The highest BCUT2D eigenvalue weighted by Crippen LogP contribution is 2.08. The molecule has 0 aromatic carbocycles. The van der Waals surface area contributed by atoms with Crippen molar-refractivity contribution in [2.45, 2.75) is 60.0 Å². The van der Waals surface area contributed by atoms with Crippen LogP contribution in [-0.4, -0.2) is 24.6 Å². The number of hydrogen-bond donors (Lipinski definition) is 0. The van der Waals surface area contributed by atoms with E-state index in [-0.39, 0.29) is 18.7 Å². The lowest BCUT2D eigenvalue weighted by atomic mass is 10.2. The normalized spacial score (nSPS) is 11.2. The van der Waals surface area contributed by atoms with E-state index in [9.17, 15) is 9.59 Å². The van der Waals surface area contributed by atoms with Gasteiger partial charge in [0.1, 0.15) is 12.7 Å². The highest BCUT2D eigenvalue weighted by molar-refractivity contribution is 5.83. The van der Waals surface area contributed by atoms with Crippen molar-refractivity contribution in [3.8, 4) is 0 Å². The van der Waals surface area contributed by atoms with Crippen molar-refractivity contribution in [1.82, 2.24) is 0 Å². The Morgan fingerprint density at radius 1 is 1.00 bits per heavy atom. The van der Waals surface area contributed by atoms with Crippen LogP contribution in [0.1, 0.15) is 53.9 Å². The van der Waals surface area contributed by atoms with E-state index in [0.717, 1.165) is 24.0 Å². The topological polar surface area (TPSA) is 52.6 Å². The van der Waals surface area contributed by atoms with Gasteiger partial charge in [-0.3, -0.25) is 0 Å². The molecule has 1 unspecified atom stereocenters. The summed E-state index contributed by atoms with van der Waals surface area (Å²) in [4.78, 5) is 23.0. The van der Waals surface area contributed by atoms with Crippen molar-refractivity contribution < 1.29 is 19.1 Å². The number of ether oxygens (including phenoxy) is 2. The van der Waals surface area contributed by atoms with Crippen molar-refractivity contribution in [1.29, 1.82) is 0 Å². The van der Waals surface area contributed by atoms with Crippen LogP contribution in [0.2, 0.25) is 0 Å². The summed E-state index contributed by atoms with van der Waals surface area (Å²) in [5.41, 5.74) is 1.76. The fourth-order valence-electron chi connectivity index (χ4n) is 1.49. The Kier molecular flexibility index (Phi) is 9.43. The Morgan fingerprint density at radius 3 is 2.05 bits per heavy atom. The molecule has 0 fully saturated rings. The van der Waals surface area contributed by atoms with Crippen LogP contribution in [0.3, 0.4) is 0 Å². The molecule has 0 rings (SSSR count). The molecule has 0 aromatic heterocycles. The Labute approximate surface area is 121 Å². The van der Waals surface area contributed by atoms with E-state index in [0.29, 0.717) is 6.42 Å². The molecule has 0 aromatic rings. The predicted molar refractivity (Wildman–Crippen MR) is 79.2 cm³/mol. The number of carbonyl (C=O) groups excluding carboxylic acids is 2. The smallest absolute Gasteiger partial charge is 0.331 e. The summed E-state index contributed by atoms with van der Waals surface area (Å²) in [7, 11) is 0. The van der Waals surface area contributed by atoms with Crippen molar-refractivity contribution in [3.63, 3.8) is 0 Å². The first kappa shape index (κ1) is 18.4. The molecule has 0 spiro atoms. The number of rotatable bonds is 8. The molecular formula is C16H26O4. The summed E-state index contributed by atoms with van der Waals surface area (Å²) in [6, 6.07) is 0. The molecule has 20 heavy (non-hydrogen) atoms. The molecule has 0 amide bonds. The van der Waals surface area contributed by atoms with Gasteiger partial charge in [0.25, 0.3) is 0 Å². The first-order chi connectivity index (χ1) is 9.35. The second-order valence-corrected chi connectivity index (χ2v) is 5.27. The van der Waals surface area contributed by atoms with E-state index in [1.54, 1.807) is 0 Å². The molecule has 0 aliphatic rings. The summed E-state index contributed by atoms with van der Waals surface area (Å²) in [6.45, 7) is 9.47. The van der Waals surface area contributed by atoms with Crippen molar-refractivity contribution >= 4 is 11.9 Å². The minimum Gasteiger partial charge on any atom is -0.459 e. The SMILES string of the molecule is CCCCC(COC(=O)C=C(C)C)OC(=O)C=C(C)C. The average molecular weight is 282 g/mol. The Bertz CT molecular complexity index is 372. The highest BCUT2D eigenvalue weighted by atomic mass is 16.6. The maximum absolute atomic E-state index is 11.6. The summed E-state index contributed by atoms with van der Waals surface area (Å²) >= 11 is 0. The average Bonchev–Trinajstić information content (AvgIpc) is 2.30. The molecule has 0 heterocycles. The number of esters is 2. The molecule has 0 aliphatic carbocycles. The van der Waals surface area contributed by atoms with Crippen molar-refractivity contribution in [2.24, 2.45) is 0 Å². The zero-order valence-electron chi connectivity index (χ0n) is 13.2. The second kappa shape index (κ2) is 10.2. The van der Waals surface area contributed by atoms with E-state index in [4.69, 9.17) is 9.47 Å². The zero-order chi connectivity index (χ0) is 15.5. The first-order valence-electron chi connectivity index (χ1n) is 7.02. The van der Waals surface area contributed by atoms with Crippen LogP contribution >= 0.6 is 0 Å². The largest absolute Gasteiger partial charge is 0.459 e. The van der Waals surface area contributed by atoms with Gasteiger partial charge in [-0.25, -0.2) is 9.59 Å². The summed E-state index contributed by atoms with van der Waals surface area (Å²) < 4.78 is 10.4. The van der Waals surface area contributed by atoms with Crippen LogP contribution in [0, 0.1) is 0 Å². The van der Waals surface area contributed by atoms with E-state index in [2.05, 4.69) is 6.92 Å². The monoisotopic (exact) mass is 282 g/mol. The van der Waals surface area contributed by atoms with Gasteiger partial charge in [0.2, 0.25) is 0 Å². The van der Waals surface area contributed by atoms with Gasteiger partial charge >= 0.3 is 11.9 Å². The second-order valence-electron chi connectivity index (χ2n) is 5.27. The van der Waals surface area contributed by atoms with Crippen LogP contribution in [0.15, 0.2) is 23.3 Å². The third-order valence-corrected chi connectivity index (χ3v) is 2.39. The standard InChI is InChI=1S/C16H26O4/c1-6-7-8-14(20-16(18)10-13(4)5)11-19-15(17)9-12(2)3/h9-10,14H,6-8,11H2,1-5H3. The predicted octanol–water partition coefficient (Wildman–Crippen LogP) is 3.56. The van der Waals surface area contributed by atoms with E-state index in [1.165, 1.54) is 12.2 Å². The van der Waals surface area contributed by atoms with Gasteiger partial charge in [0.05, 0.1) is 0 Å². The number of unbranched alkanes of at least 4 members (excludes halogenated alkanes) is 1. The highest BCUT2D eigenvalue weighted by Gasteiger charge is 2.15. The summed E-state index contributed by atoms with van der Waals surface area (Å²) in [5, 5.41) is 0. The van der Waals surface area contributed by atoms with Gasteiger partial charge in [-0.2, -0.15) is 0 Å². The molecule has 4 nitrogen and oxygen atoms in total. The van der Waals surface area contributed by atoms with Gasteiger partial charge in [-0.05, 0) is 40.5 Å². The van der Waals surface area contributed by atoms with Crippen LogP contribution in [0.5, 0.6) is 0 Å². The molecule has 0 N–H and O–H groups in total. The van der Waals surface area contributed by atoms with E-state index < -0.39 is 5.97 Å². The molecule has 0 saturated carbocycles. The lowest BCUT2D eigenvalue weighted by Gasteiger charge is -2.16. The Balaban J connectivity index is 4.41. The van der Waals surface area contributed by atoms with Gasteiger partial charge in [0, 0.05) is 12.2 Å². The fraction of sp³-hybridized carbons (Fsp3) is 0.625. The molecule has 0 saturated heterocycles. The van der Waals surface area contributed by atoms with Crippen molar-refractivity contribution in [3.05, 3.63) is 23.3 Å². The third-order valence-electron chi connectivity index (χ3n) is 2.39. The minimum absolute atomic E-state index is 0.102. The van der Waals surface area contributed by atoms with E-state index in [1.807, 2.05) is 27.7 Å². The lowest BCUT2D eigenvalue weighted by Crippen LogP contribution is -2.24. The molecule has 0 bridgehead atoms. The first-order valence-corrected chi connectivity index (χ1v) is 7.02. The zero-order valence-corrected chi connectivity index (χ0v) is 13.2. The maximum atomic E-state index is 11.6. The van der Waals surface area contributed by atoms with Gasteiger partial charge in [0.15, 0.2) is 0 Å². The molecule has 4 heteroatoms. The molecular weight excluding hydrogens is 256 g/mol. The number of allylic oxidation sites excluding steroid dienone is 2. The van der Waals surface area contributed by atoms with Crippen LogP contribution in [0.4, 0.5) is 0 Å². The lowest BCUT2D eigenvalue weighted by molar-refractivity contribution is -0.153. The minimum atomic E-state index is -0.398. The number of carbonyl (C=O) groups is 2. The Hall–Kier alpha value is -1.58. The summed E-state index contributed by atoms with van der Waals surface area (Å²) in [6.07, 6.45) is 5.10. The molecule has 114 valence electrons. The van der Waals surface area contributed by atoms with Crippen LogP contribution in [-0.2, 0) is 19.1 Å². The maximum Gasteiger partial charge on any atom is 0.331 e. The molecule has 0 aliphatic heterocycles. The van der Waals surface area contributed by atoms with Crippen LogP contribution < -0.4 is 0 Å². The Morgan fingerprint density at radius 2 is 1.55 bits per heavy atom. The van der Waals surface area contributed by atoms with Gasteiger partial charge in [-0.1, -0.05) is 24.5 Å². The number of hydrogen-bond acceptors (Lipinski definition) is 4. The quantitative estimate of drug-likeness (QED) is 0.504. The van der Waals surface area contributed by atoms with Crippen molar-refractivity contribution in [2.75, 3.05) is 6.61 Å². The third kappa shape index (κ3) is 10.4. The summed E-state index contributed by atoms with van der Waals surface area (Å²) in [5.74, 6) is -0.783.